The molecule has 0 aliphatic rings. The van der Waals surface area contributed by atoms with E-state index in [9.17, 15) is 14.4 Å². The number of rotatable bonds is 19. The summed E-state index contributed by atoms with van der Waals surface area (Å²) < 4.78 is 0. The zero-order chi connectivity index (χ0) is 21.0. The van der Waals surface area contributed by atoms with Crippen LogP contribution in [-0.4, -0.2) is 58.5 Å². The number of nitrogens with one attached hydrogen (secondary N) is 1. The Morgan fingerprint density at radius 1 is 0.862 bits per heavy atom. The second-order valence-corrected chi connectivity index (χ2v) is 7.46. The molecule has 0 aromatic rings. The minimum atomic E-state index is -1.24. The summed E-state index contributed by atoms with van der Waals surface area (Å²) in [6.45, 7) is 2.24. The average molecular weight is 421 g/mol. The molecule has 1 atom stereocenters. The summed E-state index contributed by atoms with van der Waals surface area (Å²) in [7, 11) is 0. The van der Waals surface area contributed by atoms with E-state index in [2.05, 4.69) is 24.4 Å². The number of aliphatic carboxylic acids is 1. The number of amides is 2. The van der Waals surface area contributed by atoms with Crippen LogP contribution in [0.5, 0.6) is 0 Å². The third-order valence-electron chi connectivity index (χ3n) is 4.70. The van der Waals surface area contributed by atoms with E-state index >= 15 is 0 Å². The van der Waals surface area contributed by atoms with Crippen LogP contribution in [0, 0.1) is 0 Å². The van der Waals surface area contributed by atoms with E-state index in [1.807, 2.05) is 0 Å². The van der Waals surface area contributed by atoms with Gasteiger partial charge in [0.1, 0.15) is 6.04 Å². The molecule has 0 aromatic heterocycles. The maximum absolute atomic E-state index is 11.7. The molecule has 0 unspecified atom stereocenters. The van der Waals surface area contributed by atoms with Gasteiger partial charge in [0.15, 0.2) is 0 Å². The average Bonchev–Trinajstić information content (AvgIpc) is 2.64. The second-order valence-electron chi connectivity index (χ2n) is 7.46. The number of carboxylic acids is 1. The van der Waals surface area contributed by atoms with Crippen molar-refractivity contribution in [3.8, 4) is 0 Å². The predicted octanol–water partition coefficient (Wildman–Crippen LogP) is 3.82. The van der Waals surface area contributed by atoms with E-state index in [0.717, 1.165) is 32.1 Å². The van der Waals surface area contributed by atoms with Gasteiger partial charge in [-0.2, -0.15) is 0 Å². The molecular formula is C22H41N2NaO4. The monoisotopic (exact) mass is 420 g/mol. The van der Waals surface area contributed by atoms with Crippen molar-refractivity contribution in [2.24, 2.45) is 5.73 Å². The molecule has 0 aliphatic heterocycles. The fraction of sp³-hybridized carbons (Fsp3) is 0.773. The van der Waals surface area contributed by atoms with Crippen molar-refractivity contribution >= 4 is 47.3 Å². The first-order valence-corrected chi connectivity index (χ1v) is 10.9. The number of hydrogen-bond acceptors (Lipinski definition) is 3. The predicted molar refractivity (Wildman–Crippen MR) is 120 cm³/mol. The van der Waals surface area contributed by atoms with Gasteiger partial charge in [-0.1, -0.05) is 70.4 Å². The SMILES string of the molecule is CCCCCCCC/C=C/CCCCCCCC(=O)N[C@@H](CC(N)=O)C(=O)O.[NaH]. The van der Waals surface area contributed by atoms with Crippen LogP contribution < -0.4 is 11.1 Å². The Balaban J connectivity index is 0. The first-order chi connectivity index (χ1) is 13.5. The molecule has 4 N–H and O–H groups in total. The molecule has 7 heteroatoms. The third-order valence-corrected chi connectivity index (χ3v) is 4.70. The van der Waals surface area contributed by atoms with Crippen molar-refractivity contribution in [1.29, 1.82) is 0 Å². The van der Waals surface area contributed by atoms with Gasteiger partial charge in [-0.15, -0.1) is 0 Å². The standard InChI is InChI=1S/C22H40N2O4.Na.H/c1-2-3-4-5-6-7-8-9-10-11-12-13-14-15-16-17-21(26)24-19(22(27)28)18-20(23)25;;/h9-10,19H,2-8,11-18H2,1H3,(H2,23,25)(H,24,26)(H,27,28);;/b10-9+;;/t19-;;/m0../s1. The Morgan fingerprint density at radius 3 is 1.83 bits per heavy atom. The van der Waals surface area contributed by atoms with Crippen LogP contribution in [-0.2, 0) is 14.4 Å². The van der Waals surface area contributed by atoms with Gasteiger partial charge >= 0.3 is 35.5 Å². The molecule has 0 radical (unpaired) electrons. The quantitative estimate of drug-likeness (QED) is 0.168. The van der Waals surface area contributed by atoms with Crippen LogP contribution >= 0.6 is 0 Å². The molecule has 0 rings (SSSR count). The minimum absolute atomic E-state index is 0. The first kappa shape index (κ1) is 30.3. The number of carbonyl (C=O) groups excluding carboxylic acids is 2. The van der Waals surface area contributed by atoms with E-state index in [4.69, 9.17) is 10.8 Å². The van der Waals surface area contributed by atoms with Crippen molar-refractivity contribution in [1.82, 2.24) is 5.32 Å². The van der Waals surface area contributed by atoms with E-state index in [-0.39, 0.29) is 48.3 Å². The Labute approximate surface area is 198 Å². The van der Waals surface area contributed by atoms with Crippen LogP contribution in [0.4, 0.5) is 0 Å². The molecule has 0 heterocycles. The molecule has 0 aromatic carbocycles. The van der Waals surface area contributed by atoms with Gasteiger partial charge in [0.05, 0.1) is 6.42 Å². The van der Waals surface area contributed by atoms with E-state index < -0.39 is 17.9 Å². The number of unbranched alkanes of at least 4 members (excludes halogenated alkanes) is 11. The third kappa shape index (κ3) is 21.7. The molecule has 6 nitrogen and oxygen atoms in total. The Kier molecular flexibility index (Phi) is 22.9. The molecule has 0 saturated heterocycles. The van der Waals surface area contributed by atoms with Crippen LogP contribution in [0.3, 0.4) is 0 Å². The summed E-state index contributed by atoms with van der Waals surface area (Å²) >= 11 is 0. The summed E-state index contributed by atoms with van der Waals surface area (Å²) in [5.74, 6) is -2.32. The van der Waals surface area contributed by atoms with Gasteiger partial charge in [0.2, 0.25) is 11.8 Å². The van der Waals surface area contributed by atoms with Crippen LogP contribution in [0.1, 0.15) is 103 Å². The number of carboxylic acid groups (broad SMARTS) is 1. The maximum atomic E-state index is 11.7. The van der Waals surface area contributed by atoms with Gasteiger partial charge in [0.25, 0.3) is 0 Å². The number of nitrogens with two attached hydrogens (primary N) is 1. The molecule has 0 bridgehead atoms. The van der Waals surface area contributed by atoms with E-state index in [1.54, 1.807) is 0 Å². The molecule has 0 fully saturated rings. The molecule has 0 spiro atoms. The van der Waals surface area contributed by atoms with Crippen molar-refractivity contribution in [3.05, 3.63) is 12.2 Å². The van der Waals surface area contributed by atoms with E-state index in [1.165, 1.54) is 51.4 Å². The first-order valence-electron chi connectivity index (χ1n) is 10.9. The number of hydrogen-bond donors (Lipinski definition) is 3. The molecule has 2 amide bonds. The number of carbonyl (C=O) groups is 3. The van der Waals surface area contributed by atoms with Crippen LogP contribution in [0.2, 0.25) is 0 Å². The summed E-state index contributed by atoms with van der Waals surface area (Å²) in [5.41, 5.74) is 4.98. The summed E-state index contributed by atoms with van der Waals surface area (Å²) in [5, 5.41) is 11.3. The fourth-order valence-corrected chi connectivity index (χ4v) is 3.02. The molecule has 0 aliphatic carbocycles. The van der Waals surface area contributed by atoms with Crippen LogP contribution in [0.25, 0.3) is 0 Å². The number of allylic oxidation sites excluding steroid dienone is 2. The normalized spacial score (nSPS) is 11.8. The van der Waals surface area contributed by atoms with Gasteiger partial charge in [0, 0.05) is 6.42 Å². The van der Waals surface area contributed by atoms with Gasteiger partial charge in [-0.25, -0.2) is 4.79 Å². The Bertz CT molecular complexity index is 470. The van der Waals surface area contributed by atoms with Gasteiger partial charge in [-0.3, -0.25) is 9.59 Å². The van der Waals surface area contributed by atoms with Crippen molar-refractivity contribution in [2.75, 3.05) is 0 Å². The van der Waals surface area contributed by atoms with Gasteiger partial charge in [-0.05, 0) is 32.1 Å². The Morgan fingerprint density at radius 2 is 1.34 bits per heavy atom. The van der Waals surface area contributed by atoms with Crippen molar-refractivity contribution in [3.63, 3.8) is 0 Å². The summed E-state index contributed by atoms with van der Waals surface area (Å²) in [6.07, 6.45) is 19.9. The second kappa shape index (κ2) is 21.8. The Hall–Kier alpha value is -0.850. The summed E-state index contributed by atoms with van der Waals surface area (Å²) in [4.78, 5) is 33.5. The van der Waals surface area contributed by atoms with Crippen molar-refractivity contribution < 1.29 is 19.5 Å². The molecule has 164 valence electrons. The molecule has 29 heavy (non-hydrogen) atoms. The molecule has 0 saturated carbocycles. The van der Waals surface area contributed by atoms with Crippen molar-refractivity contribution in [2.45, 2.75) is 109 Å². The van der Waals surface area contributed by atoms with Crippen LogP contribution in [0.15, 0.2) is 12.2 Å². The summed E-state index contributed by atoms with van der Waals surface area (Å²) in [6, 6.07) is -1.23. The fourth-order valence-electron chi connectivity index (χ4n) is 3.02. The van der Waals surface area contributed by atoms with Gasteiger partial charge < -0.3 is 16.2 Å². The topological polar surface area (TPSA) is 109 Å². The zero-order valence-electron chi connectivity index (χ0n) is 17.6. The zero-order valence-corrected chi connectivity index (χ0v) is 17.6. The molecular weight excluding hydrogens is 379 g/mol. The van der Waals surface area contributed by atoms with E-state index in [0.29, 0.717) is 0 Å². The number of primary amides is 1.